The maximum absolute atomic E-state index is 13.4. The van der Waals surface area contributed by atoms with Gasteiger partial charge in [-0.15, -0.1) is 0 Å². The Morgan fingerprint density at radius 2 is 2.04 bits per heavy atom. The number of hydrogen-bond acceptors (Lipinski definition) is 4. The van der Waals surface area contributed by atoms with Crippen LogP contribution in [0.2, 0.25) is 0 Å². The van der Waals surface area contributed by atoms with Crippen molar-refractivity contribution in [3.63, 3.8) is 0 Å². The molecule has 0 aliphatic heterocycles. The molecule has 0 radical (unpaired) electrons. The normalized spacial score (nSPS) is 11.6. The number of aromatic nitrogens is 5. The molecule has 7 nitrogen and oxygen atoms in total. The predicted molar refractivity (Wildman–Crippen MR) is 104 cm³/mol. The third kappa shape index (κ3) is 3.91. The molecule has 3 heterocycles. The summed E-state index contributed by atoms with van der Waals surface area (Å²) in [6.07, 6.45) is -0.777. The van der Waals surface area contributed by atoms with Crippen LogP contribution in [-0.4, -0.2) is 42.4 Å². The van der Waals surface area contributed by atoms with Crippen molar-refractivity contribution in [2.75, 3.05) is 7.05 Å². The Bertz CT molecular complexity index is 1030. The van der Waals surface area contributed by atoms with E-state index in [1.54, 1.807) is 25.6 Å². The van der Waals surface area contributed by atoms with Crippen molar-refractivity contribution >= 4 is 32.9 Å². The zero-order chi connectivity index (χ0) is 20.6. The largest absolute Gasteiger partial charge is 0.338 e. The number of halogens is 3. The number of pyridine rings is 1. The van der Waals surface area contributed by atoms with E-state index in [-0.39, 0.29) is 18.0 Å². The van der Waals surface area contributed by atoms with Crippen molar-refractivity contribution in [2.45, 2.75) is 46.8 Å². The van der Waals surface area contributed by atoms with E-state index in [4.69, 9.17) is 0 Å². The minimum atomic E-state index is -2.63. The van der Waals surface area contributed by atoms with Crippen LogP contribution in [0.3, 0.4) is 0 Å². The molecule has 0 fully saturated rings. The van der Waals surface area contributed by atoms with Gasteiger partial charge in [0.25, 0.3) is 6.43 Å². The molecule has 0 unspecified atom stereocenters. The van der Waals surface area contributed by atoms with Crippen molar-refractivity contribution in [1.29, 1.82) is 0 Å². The average molecular weight is 455 g/mol. The second kappa shape index (κ2) is 7.94. The lowest BCUT2D eigenvalue weighted by atomic mass is 10.1. The van der Waals surface area contributed by atoms with E-state index in [1.165, 1.54) is 15.6 Å². The van der Waals surface area contributed by atoms with Crippen LogP contribution in [0.25, 0.3) is 11.0 Å². The highest BCUT2D eigenvalue weighted by atomic mass is 79.9. The van der Waals surface area contributed by atoms with Crippen LogP contribution in [0, 0.1) is 13.8 Å². The minimum Gasteiger partial charge on any atom is -0.338 e. The maximum Gasteiger partial charge on any atom is 0.264 e. The molecule has 0 aromatic carbocycles. The van der Waals surface area contributed by atoms with E-state index < -0.39 is 6.43 Å². The summed E-state index contributed by atoms with van der Waals surface area (Å²) >= 11 is 3.45. The molecule has 0 atom stereocenters. The summed E-state index contributed by atoms with van der Waals surface area (Å²) < 4.78 is 30.8. The number of aryl methyl sites for hydroxylation is 3. The minimum absolute atomic E-state index is 0.0912. The van der Waals surface area contributed by atoms with E-state index >= 15 is 0 Å². The number of alkyl halides is 2. The highest BCUT2D eigenvalue weighted by Gasteiger charge is 2.22. The molecule has 3 rings (SSSR count). The summed E-state index contributed by atoms with van der Waals surface area (Å²) in [5.41, 5.74) is 1.82. The number of nitrogens with zero attached hydrogens (tertiary/aromatic N) is 6. The first-order valence-corrected chi connectivity index (χ1v) is 9.59. The molecule has 0 saturated heterocycles. The number of carbonyl (C=O) groups excluding carboxylic acids is 1. The molecule has 150 valence electrons. The first-order chi connectivity index (χ1) is 13.2. The van der Waals surface area contributed by atoms with Crippen molar-refractivity contribution < 1.29 is 13.6 Å². The van der Waals surface area contributed by atoms with Gasteiger partial charge in [-0.05, 0) is 42.8 Å². The molecule has 0 spiro atoms. The number of rotatable bonds is 6. The van der Waals surface area contributed by atoms with Crippen LogP contribution in [0.15, 0.2) is 16.7 Å². The molecule has 0 saturated carbocycles. The summed E-state index contributed by atoms with van der Waals surface area (Å²) in [6, 6.07) is 1.36. The summed E-state index contributed by atoms with van der Waals surface area (Å²) in [7, 11) is 1.67. The van der Waals surface area contributed by atoms with E-state index in [1.807, 2.05) is 13.1 Å². The van der Waals surface area contributed by atoms with Crippen LogP contribution >= 0.6 is 15.9 Å². The zero-order valence-corrected chi connectivity index (χ0v) is 17.7. The fraction of sp³-hybridized carbons (Fsp3) is 0.444. The van der Waals surface area contributed by atoms with Gasteiger partial charge < -0.3 is 4.90 Å². The van der Waals surface area contributed by atoms with Crippen molar-refractivity contribution in [3.8, 4) is 0 Å². The Morgan fingerprint density at radius 3 is 2.64 bits per heavy atom. The van der Waals surface area contributed by atoms with Crippen molar-refractivity contribution in [1.82, 2.24) is 29.4 Å². The van der Waals surface area contributed by atoms with E-state index in [0.717, 1.165) is 16.7 Å². The van der Waals surface area contributed by atoms with Gasteiger partial charge in [-0.25, -0.2) is 18.4 Å². The maximum atomic E-state index is 13.4. The highest BCUT2D eigenvalue weighted by Crippen LogP contribution is 2.30. The molecule has 0 aliphatic rings. The van der Waals surface area contributed by atoms with Crippen LogP contribution in [0.1, 0.15) is 36.0 Å². The summed E-state index contributed by atoms with van der Waals surface area (Å²) in [6.45, 7) is 6.22. The quantitative estimate of drug-likeness (QED) is 0.570. The van der Waals surface area contributed by atoms with E-state index in [2.05, 4.69) is 31.1 Å². The molecule has 3 aromatic rings. The topological polar surface area (TPSA) is 68.8 Å². The van der Waals surface area contributed by atoms with Crippen molar-refractivity contribution in [2.24, 2.45) is 0 Å². The van der Waals surface area contributed by atoms with Gasteiger partial charge in [-0.1, -0.05) is 0 Å². The van der Waals surface area contributed by atoms with Crippen LogP contribution in [-0.2, 0) is 24.4 Å². The lowest BCUT2D eigenvalue weighted by molar-refractivity contribution is -0.131. The Labute approximate surface area is 169 Å². The molecule has 0 aliphatic carbocycles. The third-order valence-corrected chi connectivity index (χ3v) is 5.14. The van der Waals surface area contributed by atoms with Crippen LogP contribution in [0.4, 0.5) is 8.78 Å². The molecule has 3 aromatic heterocycles. The van der Waals surface area contributed by atoms with Gasteiger partial charge in [0, 0.05) is 31.0 Å². The average Bonchev–Trinajstić information content (AvgIpc) is 3.14. The fourth-order valence-electron chi connectivity index (χ4n) is 3.07. The third-order valence-electron chi connectivity index (χ3n) is 4.48. The molecule has 10 heteroatoms. The smallest absolute Gasteiger partial charge is 0.264 e. The standard InChI is InChI=1S/C18H21BrF2N6O/c1-5-26-7-13(19)14(24-26)8-25(4)15(28)9-27-18-16(11(3)23-27)12(17(20)21)6-10(2)22-18/h6-7,17H,5,8-9H2,1-4H3. The number of fused-ring (bicyclic) bond motifs is 1. The molecule has 0 N–H and O–H groups in total. The van der Waals surface area contributed by atoms with Gasteiger partial charge in [0.15, 0.2) is 5.65 Å². The Morgan fingerprint density at radius 1 is 1.32 bits per heavy atom. The van der Waals surface area contributed by atoms with Gasteiger partial charge in [0.2, 0.25) is 5.91 Å². The summed E-state index contributed by atoms with van der Waals surface area (Å²) in [4.78, 5) is 18.6. The zero-order valence-electron chi connectivity index (χ0n) is 16.1. The predicted octanol–water partition coefficient (Wildman–Crippen LogP) is 3.62. The van der Waals surface area contributed by atoms with Gasteiger partial charge in [-0.3, -0.25) is 9.48 Å². The Kier molecular flexibility index (Phi) is 5.78. The lowest BCUT2D eigenvalue weighted by Gasteiger charge is -2.16. The van der Waals surface area contributed by atoms with Gasteiger partial charge in [0.05, 0.1) is 27.8 Å². The first kappa shape index (κ1) is 20.4. The summed E-state index contributed by atoms with van der Waals surface area (Å²) in [5.74, 6) is -0.218. The monoisotopic (exact) mass is 454 g/mol. The second-order valence-electron chi connectivity index (χ2n) is 6.62. The Balaban J connectivity index is 1.85. The molecule has 28 heavy (non-hydrogen) atoms. The Hall–Kier alpha value is -2.36. The van der Waals surface area contributed by atoms with E-state index in [0.29, 0.717) is 29.0 Å². The van der Waals surface area contributed by atoms with E-state index in [9.17, 15) is 13.6 Å². The SMILES string of the molecule is CCn1cc(Br)c(CN(C)C(=O)Cn2nc(C)c3c(C(F)F)cc(C)nc32)n1. The highest BCUT2D eigenvalue weighted by molar-refractivity contribution is 9.10. The summed E-state index contributed by atoms with van der Waals surface area (Å²) in [5, 5.41) is 9.00. The number of carbonyl (C=O) groups is 1. The number of amides is 1. The lowest BCUT2D eigenvalue weighted by Crippen LogP contribution is -2.30. The van der Waals surface area contributed by atoms with Gasteiger partial charge in [0.1, 0.15) is 6.54 Å². The van der Waals surface area contributed by atoms with Crippen LogP contribution < -0.4 is 0 Å². The van der Waals surface area contributed by atoms with Crippen LogP contribution in [0.5, 0.6) is 0 Å². The first-order valence-electron chi connectivity index (χ1n) is 8.79. The molecular weight excluding hydrogens is 434 g/mol. The second-order valence-corrected chi connectivity index (χ2v) is 7.48. The van der Waals surface area contributed by atoms with Crippen molar-refractivity contribution in [3.05, 3.63) is 39.4 Å². The number of likely N-dealkylation sites (N-methyl/N-ethyl adjacent to an activating group) is 1. The molecule has 1 amide bonds. The van der Waals surface area contributed by atoms with Gasteiger partial charge >= 0.3 is 0 Å². The number of hydrogen-bond donors (Lipinski definition) is 0. The molecular formula is C18H21BrF2N6O. The van der Waals surface area contributed by atoms with Gasteiger partial charge in [-0.2, -0.15) is 10.2 Å². The fourth-order valence-corrected chi connectivity index (χ4v) is 3.51. The molecule has 0 bridgehead atoms.